The van der Waals surface area contributed by atoms with Crippen molar-refractivity contribution in [2.24, 2.45) is 0 Å². The molecule has 1 atom stereocenters. The smallest absolute Gasteiger partial charge is 0.315 e. The quantitative estimate of drug-likeness (QED) is 0.799. The summed E-state index contributed by atoms with van der Waals surface area (Å²) in [6.45, 7) is 6.30. The van der Waals surface area contributed by atoms with Gasteiger partial charge in [0.1, 0.15) is 0 Å². The third kappa shape index (κ3) is 4.45. The van der Waals surface area contributed by atoms with E-state index in [1.165, 1.54) is 15.3 Å². The van der Waals surface area contributed by atoms with Crippen LogP contribution < -0.4 is 10.6 Å². The second-order valence-corrected chi connectivity index (χ2v) is 7.12. The van der Waals surface area contributed by atoms with Crippen molar-refractivity contribution in [2.75, 3.05) is 0 Å². The van der Waals surface area contributed by atoms with Crippen LogP contribution in [0.1, 0.15) is 60.9 Å². The summed E-state index contributed by atoms with van der Waals surface area (Å²) in [5.74, 6) is 0. The number of hydrogen-bond acceptors (Lipinski definition) is 3. The SMILES string of the molecule is CCc1sc(C(C)NC(=O)NC2CCC(O)CC2)cc1C. The largest absolute Gasteiger partial charge is 0.393 e. The van der Waals surface area contributed by atoms with Crippen LogP contribution in [-0.2, 0) is 6.42 Å². The molecule has 3 N–H and O–H groups in total. The monoisotopic (exact) mass is 310 g/mol. The number of aryl methyl sites for hydroxylation is 2. The van der Waals surface area contributed by atoms with E-state index in [1.54, 1.807) is 11.3 Å². The minimum absolute atomic E-state index is 0.0307. The summed E-state index contributed by atoms with van der Waals surface area (Å²) < 4.78 is 0. The molecule has 1 saturated carbocycles. The highest BCUT2D eigenvalue weighted by molar-refractivity contribution is 7.12. The normalized spacial score (nSPS) is 23.6. The molecular weight excluding hydrogens is 284 g/mol. The molecule has 0 aromatic carbocycles. The average Bonchev–Trinajstić information content (AvgIpc) is 2.82. The zero-order valence-corrected chi connectivity index (χ0v) is 13.9. The maximum Gasteiger partial charge on any atom is 0.315 e. The van der Waals surface area contributed by atoms with Gasteiger partial charge in [-0.3, -0.25) is 0 Å². The van der Waals surface area contributed by atoms with E-state index in [2.05, 4.69) is 30.5 Å². The number of carbonyl (C=O) groups is 1. The van der Waals surface area contributed by atoms with E-state index in [1.807, 2.05) is 6.92 Å². The van der Waals surface area contributed by atoms with Crippen molar-refractivity contribution in [2.45, 2.75) is 71.1 Å². The first-order valence-electron chi connectivity index (χ1n) is 7.83. The summed E-state index contributed by atoms with van der Waals surface area (Å²) in [6, 6.07) is 2.29. The molecule has 118 valence electrons. The van der Waals surface area contributed by atoms with Gasteiger partial charge in [0, 0.05) is 15.8 Å². The molecule has 1 aliphatic carbocycles. The molecule has 0 saturated heterocycles. The number of carbonyl (C=O) groups excluding carboxylic acids is 1. The Labute approximate surface area is 131 Å². The van der Waals surface area contributed by atoms with Crippen LogP contribution in [0.5, 0.6) is 0 Å². The lowest BCUT2D eigenvalue weighted by molar-refractivity contribution is 0.117. The van der Waals surface area contributed by atoms with E-state index in [9.17, 15) is 9.90 Å². The molecular formula is C16H26N2O2S. The van der Waals surface area contributed by atoms with Gasteiger partial charge in [-0.05, 0) is 57.6 Å². The first kappa shape index (κ1) is 16.3. The summed E-state index contributed by atoms with van der Waals surface area (Å²) in [5.41, 5.74) is 1.31. The van der Waals surface area contributed by atoms with Gasteiger partial charge in [-0.1, -0.05) is 6.92 Å². The molecule has 1 aliphatic rings. The maximum atomic E-state index is 12.1. The highest BCUT2D eigenvalue weighted by atomic mass is 32.1. The van der Waals surface area contributed by atoms with E-state index in [4.69, 9.17) is 0 Å². The number of thiophene rings is 1. The van der Waals surface area contributed by atoms with Crippen LogP contribution in [0.2, 0.25) is 0 Å². The minimum atomic E-state index is -0.188. The van der Waals surface area contributed by atoms with Crippen molar-refractivity contribution < 1.29 is 9.90 Å². The van der Waals surface area contributed by atoms with Crippen molar-refractivity contribution in [3.8, 4) is 0 Å². The van der Waals surface area contributed by atoms with E-state index in [0.717, 1.165) is 32.1 Å². The van der Waals surface area contributed by atoms with Crippen LogP contribution in [-0.4, -0.2) is 23.3 Å². The number of amides is 2. The van der Waals surface area contributed by atoms with Crippen LogP contribution >= 0.6 is 11.3 Å². The predicted octanol–water partition coefficient (Wildman–Crippen LogP) is 3.28. The number of urea groups is 1. The van der Waals surface area contributed by atoms with Crippen LogP contribution in [0.25, 0.3) is 0 Å². The Hall–Kier alpha value is -1.07. The highest BCUT2D eigenvalue weighted by Gasteiger charge is 2.21. The molecule has 2 amide bonds. The summed E-state index contributed by atoms with van der Waals surface area (Å²) in [6.07, 6.45) is 4.14. The molecule has 0 aliphatic heterocycles. The van der Waals surface area contributed by atoms with Gasteiger partial charge in [0.2, 0.25) is 0 Å². The molecule has 1 heterocycles. The highest BCUT2D eigenvalue weighted by Crippen LogP contribution is 2.27. The number of rotatable bonds is 4. The van der Waals surface area contributed by atoms with Gasteiger partial charge in [0.25, 0.3) is 0 Å². The second-order valence-electron chi connectivity index (χ2n) is 5.95. The first-order chi connectivity index (χ1) is 9.99. The van der Waals surface area contributed by atoms with Crippen molar-refractivity contribution >= 4 is 17.4 Å². The van der Waals surface area contributed by atoms with Gasteiger partial charge < -0.3 is 15.7 Å². The molecule has 1 aromatic heterocycles. The number of hydrogen-bond donors (Lipinski definition) is 3. The fourth-order valence-corrected chi connectivity index (χ4v) is 3.95. The first-order valence-corrected chi connectivity index (χ1v) is 8.65. The Bertz CT molecular complexity index is 479. The van der Waals surface area contributed by atoms with Crippen LogP contribution in [0.4, 0.5) is 4.79 Å². The van der Waals surface area contributed by atoms with E-state index in [0.29, 0.717) is 0 Å². The topological polar surface area (TPSA) is 61.4 Å². The summed E-state index contributed by atoms with van der Waals surface area (Å²) >= 11 is 1.78. The number of aliphatic hydroxyl groups is 1. The van der Waals surface area contributed by atoms with Crippen molar-refractivity contribution in [3.63, 3.8) is 0 Å². The molecule has 1 aromatic rings. The van der Waals surface area contributed by atoms with Crippen molar-refractivity contribution in [1.29, 1.82) is 0 Å². The van der Waals surface area contributed by atoms with Crippen LogP contribution in [0, 0.1) is 6.92 Å². The van der Waals surface area contributed by atoms with Crippen LogP contribution in [0.15, 0.2) is 6.07 Å². The molecule has 4 nitrogen and oxygen atoms in total. The zero-order chi connectivity index (χ0) is 15.4. The fourth-order valence-electron chi connectivity index (χ4n) is 2.83. The second kappa shape index (κ2) is 7.27. The predicted molar refractivity (Wildman–Crippen MR) is 86.8 cm³/mol. The molecule has 2 rings (SSSR count). The molecule has 5 heteroatoms. The summed E-state index contributed by atoms with van der Waals surface area (Å²) in [4.78, 5) is 14.7. The van der Waals surface area contributed by atoms with Crippen LogP contribution in [0.3, 0.4) is 0 Å². The van der Waals surface area contributed by atoms with Gasteiger partial charge in [-0.15, -0.1) is 11.3 Å². The Balaban J connectivity index is 1.84. The molecule has 0 bridgehead atoms. The van der Waals surface area contributed by atoms with Gasteiger partial charge >= 0.3 is 6.03 Å². The number of aliphatic hydroxyl groups excluding tert-OH is 1. The summed E-state index contributed by atoms with van der Waals surface area (Å²) in [7, 11) is 0. The Morgan fingerprint density at radius 2 is 2.10 bits per heavy atom. The Kier molecular flexibility index (Phi) is 5.65. The lowest BCUT2D eigenvalue weighted by Gasteiger charge is -2.26. The zero-order valence-electron chi connectivity index (χ0n) is 13.1. The van der Waals surface area contributed by atoms with Gasteiger partial charge in [-0.25, -0.2) is 4.79 Å². The molecule has 0 radical (unpaired) electrons. The standard InChI is InChI=1S/C16H26N2O2S/c1-4-14-10(2)9-15(21-14)11(3)17-16(20)18-12-5-7-13(19)8-6-12/h9,11-13,19H,4-8H2,1-3H3,(H2,17,18,20). The minimum Gasteiger partial charge on any atom is -0.393 e. The molecule has 1 fully saturated rings. The maximum absolute atomic E-state index is 12.1. The van der Waals surface area contributed by atoms with E-state index < -0.39 is 0 Å². The van der Waals surface area contributed by atoms with Gasteiger partial charge in [0.15, 0.2) is 0 Å². The van der Waals surface area contributed by atoms with Crippen molar-refractivity contribution in [3.05, 3.63) is 21.4 Å². The molecule has 21 heavy (non-hydrogen) atoms. The summed E-state index contributed by atoms with van der Waals surface area (Å²) in [5, 5.41) is 15.5. The lowest BCUT2D eigenvalue weighted by atomic mass is 9.93. The Morgan fingerprint density at radius 1 is 1.43 bits per heavy atom. The van der Waals surface area contributed by atoms with Gasteiger partial charge in [0.05, 0.1) is 12.1 Å². The lowest BCUT2D eigenvalue weighted by Crippen LogP contribution is -2.44. The van der Waals surface area contributed by atoms with E-state index in [-0.39, 0.29) is 24.2 Å². The van der Waals surface area contributed by atoms with Gasteiger partial charge in [-0.2, -0.15) is 0 Å². The molecule has 0 spiro atoms. The average molecular weight is 310 g/mol. The number of nitrogens with one attached hydrogen (secondary N) is 2. The molecule has 1 unspecified atom stereocenters. The Morgan fingerprint density at radius 3 is 2.67 bits per heavy atom. The van der Waals surface area contributed by atoms with Crippen molar-refractivity contribution in [1.82, 2.24) is 10.6 Å². The third-order valence-corrected chi connectivity index (χ3v) is 5.73. The fraction of sp³-hybridized carbons (Fsp3) is 0.688. The van der Waals surface area contributed by atoms with E-state index >= 15 is 0 Å². The third-order valence-electron chi connectivity index (χ3n) is 4.17.